The Kier molecular flexibility index (Phi) is 5.62. The molecule has 4 aromatic rings. The van der Waals surface area contributed by atoms with Gasteiger partial charge in [-0.25, -0.2) is 14.2 Å². The predicted octanol–water partition coefficient (Wildman–Crippen LogP) is 4.89. The van der Waals surface area contributed by atoms with Gasteiger partial charge in [0, 0.05) is 27.1 Å². The number of carboxylic acid groups (broad SMARTS) is 1. The number of aromatic amines is 1. The number of nitrogens with zero attached hydrogens (tertiary/aromatic N) is 1. The van der Waals surface area contributed by atoms with Gasteiger partial charge in [-0.1, -0.05) is 35.3 Å². The summed E-state index contributed by atoms with van der Waals surface area (Å²) < 4.78 is 6.83. The predicted molar refractivity (Wildman–Crippen MR) is 121 cm³/mol. The number of nitrogens with one attached hydrogen (secondary N) is 1. The summed E-state index contributed by atoms with van der Waals surface area (Å²) in [5, 5.41) is 11.5. The fraction of sp³-hybridized carbons (Fsp3) is 0.0952. The van der Waals surface area contributed by atoms with E-state index in [1.54, 1.807) is 43.3 Å². The average molecular weight is 477 g/mol. The summed E-state index contributed by atoms with van der Waals surface area (Å²) >= 11 is 13.5. The van der Waals surface area contributed by atoms with Gasteiger partial charge < -0.3 is 9.84 Å². The van der Waals surface area contributed by atoms with Crippen LogP contribution in [0.3, 0.4) is 0 Å². The number of H-pyrrole nitrogens is 1. The number of benzene rings is 2. The number of hydrogen-bond donors (Lipinski definition) is 2. The highest BCUT2D eigenvalue weighted by molar-refractivity contribution is 7.17. The van der Waals surface area contributed by atoms with Crippen LogP contribution < -0.4 is 16.0 Å². The van der Waals surface area contributed by atoms with Crippen molar-refractivity contribution < 1.29 is 14.6 Å². The minimum atomic E-state index is -1.25. The standard InChI is InChI=1S/C21H14Cl2N2O5S/c1-10(16-14(22)6-3-7-15(16)23)30-12-5-2-4-11(8-12)25-19(26)17-13(20(27)28)9-31-18(17)24-21(25)29/h2-10H,1H3,(H,24,29)(H,27,28). The Hall–Kier alpha value is -3.07. The van der Waals surface area contributed by atoms with E-state index in [-0.39, 0.29) is 21.5 Å². The molecule has 1 atom stereocenters. The average Bonchev–Trinajstić information content (AvgIpc) is 3.12. The number of aromatic carboxylic acids is 1. The van der Waals surface area contributed by atoms with Gasteiger partial charge in [-0.2, -0.15) is 0 Å². The number of aromatic nitrogens is 2. The van der Waals surface area contributed by atoms with Crippen molar-refractivity contribution in [3.63, 3.8) is 0 Å². The number of fused-ring (bicyclic) bond motifs is 1. The molecule has 0 spiro atoms. The maximum absolute atomic E-state index is 13.0. The molecule has 4 rings (SSSR count). The van der Waals surface area contributed by atoms with E-state index < -0.39 is 23.3 Å². The molecule has 0 radical (unpaired) electrons. The molecule has 0 fully saturated rings. The third-order valence-corrected chi connectivity index (χ3v) is 6.21. The van der Waals surface area contributed by atoms with Crippen LogP contribution >= 0.6 is 34.5 Å². The second-order valence-electron chi connectivity index (χ2n) is 6.62. The maximum atomic E-state index is 13.0. The molecule has 2 aromatic heterocycles. The first-order valence-corrected chi connectivity index (χ1v) is 10.6. The number of halogens is 2. The summed E-state index contributed by atoms with van der Waals surface area (Å²) in [5.41, 5.74) is -0.737. The lowest BCUT2D eigenvalue weighted by atomic mass is 10.1. The number of thiophene rings is 1. The van der Waals surface area contributed by atoms with Crippen molar-refractivity contribution in [3.05, 3.63) is 89.9 Å². The molecular weight excluding hydrogens is 463 g/mol. The second kappa shape index (κ2) is 8.22. The highest BCUT2D eigenvalue weighted by Crippen LogP contribution is 2.33. The van der Waals surface area contributed by atoms with E-state index in [1.807, 2.05) is 0 Å². The highest BCUT2D eigenvalue weighted by Gasteiger charge is 2.20. The van der Waals surface area contributed by atoms with Gasteiger partial charge in [-0.3, -0.25) is 9.78 Å². The topological polar surface area (TPSA) is 101 Å². The van der Waals surface area contributed by atoms with E-state index in [0.29, 0.717) is 21.4 Å². The first-order valence-electron chi connectivity index (χ1n) is 8.98. The van der Waals surface area contributed by atoms with Crippen LogP contribution in [0.4, 0.5) is 0 Å². The zero-order chi connectivity index (χ0) is 22.3. The lowest BCUT2D eigenvalue weighted by Crippen LogP contribution is -2.33. The van der Waals surface area contributed by atoms with Crippen molar-refractivity contribution in [2.45, 2.75) is 13.0 Å². The third kappa shape index (κ3) is 3.85. The van der Waals surface area contributed by atoms with Crippen molar-refractivity contribution in [3.8, 4) is 11.4 Å². The molecule has 0 aliphatic heterocycles. The van der Waals surface area contributed by atoms with Gasteiger partial charge in [0.15, 0.2) is 0 Å². The molecule has 0 bridgehead atoms. The Morgan fingerprint density at radius 3 is 2.52 bits per heavy atom. The first kappa shape index (κ1) is 21.2. The Bertz CT molecular complexity index is 1420. The summed E-state index contributed by atoms with van der Waals surface area (Å²) in [6.45, 7) is 1.77. The van der Waals surface area contributed by atoms with E-state index in [1.165, 1.54) is 11.4 Å². The highest BCUT2D eigenvalue weighted by atomic mass is 35.5. The van der Waals surface area contributed by atoms with Crippen LogP contribution in [0.15, 0.2) is 57.4 Å². The van der Waals surface area contributed by atoms with Crippen molar-refractivity contribution in [2.24, 2.45) is 0 Å². The molecule has 2 N–H and O–H groups in total. The van der Waals surface area contributed by atoms with E-state index in [2.05, 4.69) is 4.98 Å². The lowest BCUT2D eigenvalue weighted by molar-refractivity contribution is 0.0699. The van der Waals surface area contributed by atoms with Crippen LogP contribution in [-0.2, 0) is 0 Å². The smallest absolute Gasteiger partial charge is 0.337 e. The Balaban J connectivity index is 1.78. The quantitative estimate of drug-likeness (QED) is 0.427. The van der Waals surface area contributed by atoms with Crippen LogP contribution in [0, 0.1) is 0 Å². The van der Waals surface area contributed by atoms with Crippen LogP contribution in [-0.4, -0.2) is 20.6 Å². The van der Waals surface area contributed by atoms with Crippen LogP contribution in [0.2, 0.25) is 10.0 Å². The summed E-state index contributed by atoms with van der Waals surface area (Å²) in [4.78, 5) is 39.8. The number of carbonyl (C=O) groups is 1. The molecule has 31 heavy (non-hydrogen) atoms. The minimum Gasteiger partial charge on any atom is -0.486 e. The maximum Gasteiger partial charge on any atom is 0.337 e. The summed E-state index contributed by atoms with van der Waals surface area (Å²) in [5.74, 6) is -0.874. The molecule has 0 saturated heterocycles. The van der Waals surface area contributed by atoms with Gasteiger partial charge in [-0.05, 0) is 31.2 Å². The zero-order valence-corrected chi connectivity index (χ0v) is 18.2. The molecule has 0 amide bonds. The molecule has 0 aliphatic rings. The molecule has 158 valence electrons. The molecule has 2 heterocycles. The number of rotatable bonds is 5. The van der Waals surface area contributed by atoms with Crippen LogP contribution in [0.25, 0.3) is 15.9 Å². The van der Waals surface area contributed by atoms with E-state index in [9.17, 15) is 19.5 Å². The summed E-state index contributed by atoms with van der Waals surface area (Å²) in [6.07, 6.45) is -0.510. The molecular formula is C21H14Cl2N2O5S. The van der Waals surface area contributed by atoms with Crippen LogP contribution in [0.1, 0.15) is 28.9 Å². The summed E-state index contributed by atoms with van der Waals surface area (Å²) in [6, 6.07) is 11.5. The van der Waals surface area contributed by atoms with E-state index >= 15 is 0 Å². The monoisotopic (exact) mass is 476 g/mol. The number of hydrogen-bond acceptors (Lipinski definition) is 5. The minimum absolute atomic E-state index is 0.0559. The van der Waals surface area contributed by atoms with Gasteiger partial charge >= 0.3 is 11.7 Å². The van der Waals surface area contributed by atoms with E-state index in [0.717, 1.165) is 15.9 Å². The number of ether oxygens (including phenoxy) is 1. The van der Waals surface area contributed by atoms with Gasteiger partial charge in [-0.15, -0.1) is 11.3 Å². The molecule has 0 aliphatic carbocycles. The first-order chi connectivity index (χ1) is 14.8. The fourth-order valence-electron chi connectivity index (χ4n) is 3.27. The molecule has 7 nitrogen and oxygen atoms in total. The van der Waals surface area contributed by atoms with Crippen molar-refractivity contribution in [2.75, 3.05) is 0 Å². The third-order valence-electron chi connectivity index (χ3n) is 4.66. The molecule has 1 unspecified atom stereocenters. The van der Waals surface area contributed by atoms with Crippen LogP contribution in [0.5, 0.6) is 5.75 Å². The molecule has 0 saturated carbocycles. The van der Waals surface area contributed by atoms with Gasteiger partial charge in [0.25, 0.3) is 5.56 Å². The largest absolute Gasteiger partial charge is 0.486 e. The van der Waals surface area contributed by atoms with Gasteiger partial charge in [0.2, 0.25) is 0 Å². The Morgan fingerprint density at radius 2 is 1.84 bits per heavy atom. The van der Waals surface area contributed by atoms with Crippen molar-refractivity contribution in [1.29, 1.82) is 0 Å². The Morgan fingerprint density at radius 1 is 1.16 bits per heavy atom. The number of carboxylic acids is 1. The fourth-order valence-corrected chi connectivity index (χ4v) is 4.89. The zero-order valence-electron chi connectivity index (χ0n) is 15.9. The normalized spacial score (nSPS) is 12.1. The van der Waals surface area contributed by atoms with Gasteiger partial charge in [0.1, 0.15) is 16.7 Å². The van der Waals surface area contributed by atoms with Crippen molar-refractivity contribution >= 4 is 50.7 Å². The molecule has 10 heteroatoms. The van der Waals surface area contributed by atoms with Crippen molar-refractivity contribution in [1.82, 2.24) is 9.55 Å². The lowest BCUT2D eigenvalue weighted by Gasteiger charge is -2.18. The Labute approximate surface area is 189 Å². The van der Waals surface area contributed by atoms with Gasteiger partial charge in [0.05, 0.1) is 16.6 Å². The summed E-state index contributed by atoms with van der Waals surface area (Å²) in [7, 11) is 0. The van der Waals surface area contributed by atoms with E-state index in [4.69, 9.17) is 27.9 Å². The second-order valence-corrected chi connectivity index (χ2v) is 8.32. The SMILES string of the molecule is CC(Oc1cccc(-n2c(=O)[nH]c3scc(C(=O)O)c3c2=O)c1)c1c(Cl)cccc1Cl. The molecule has 2 aromatic carbocycles.